The SMILES string of the molecule is [B]C1(O)CN(C(=O)OC(C)(C)C)C1. The fourth-order valence-corrected chi connectivity index (χ4v) is 1.07. The lowest BCUT2D eigenvalue weighted by atomic mass is 9.75. The van der Waals surface area contributed by atoms with E-state index in [0.717, 1.165) is 0 Å². The molecule has 0 aliphatic carbocycles. The van der Waals surface area contributed by atoms with E-state index in [0.29, 0.717) is 0 Å². The summed E-state index contributed by atoms with van der Waals surface area (Å²) in [7, 11) is 5.32. The summed E-state index contributed by atoms with van der Waals surface area (Å²) in [6, 6.07) is 0. The van der Waals surface area contributed by atoms with E-state index in [4.69, 9.17) is 17.7 Å². The lowest BCUT2D eigenvalue weighted by molar-refractivity contribution is -0.0507. The Kier molecular flexibility index (Phi) is 2.32. The van der Waals surface area contributed by atoms with Gasteiger partial charge in [-0.2, -0.15) is 0 Å². The van der Waals surface area contributed by atoms with Crippen LogP contribution in [0.4, 0.5) is 4.79 Å². The van der Waals surface area contributed by atoms with Crippen molar-refractivity contribution in [3.63, 3.8) is 0 Å². The van der Waals surface area contributed by atoms with Gasteiger partial charge in [-0.3, -0.25) is 0 Å². The number of amides is 1. The zero-order chi connectivity index (χ0) is 10.3. The monoisotopic (exact) mass is 183 g/mol. The predicted molar refractivity (Wildman–Crippen MR) is 48.5 cm³/mol. The number of ether oxygens (including phenoxy) is 1. The van der Waals surface area contributed by atoms with Gasteiger partial charge in [0.2, 0.25) is 0 Å². The molecule has 2 radical (unpaired) electrons. The molecule has 4 nitrogen and oxygen atoms in total. The molecule has 0 aromatic carbocycles. The van der Waals surface area contributed by atoms with Crippen LogP contribution in [0.1, 0.15) is 20.8 Å². The second kappa shape index (κ2) is 2.91. The molecule has 0 saturated carbocycles. The number of likely N-dealkylation sites (tertiary alicyclic amines) is 1. The molecule has 0 aromatic rings. The van der Waals surface area contributed by atoms with Crippen molar-refractivity contribution in [3.8, 4) is 0 Å². The third kappa shape index (κ3) is 2.92. The Bertz CT molecular complexity index is 214. The van der Waals surface area contributed by atoms with Crippen LogP contribution in [0.15, 0.2) is 0 Å². The molecule has 13 heavy (non-hydrogen) atoms. The molecule has 5 heteroatoms. The lowest BCUT2D eigenvalue weighted by Gasteiger charge is -2.44. The van der Waals surface area contributed by atoms with Gasteiger partial charge >= 0.3 is 6.09 Å². The molecule has 1 N–H and O–H groups in total. The summed E-state index contributed by atoms with van der Waals surface area (Å²) >= 11 is 0. The van der Waals surface area contributed by atoms with Crippen molar-refractivity contribution in [2.75, 3.05) is 13.1 Å². The van der Waals surface area contributed by atoms with Gasteiger partial charge < -0.3 is 14.7 Å². The van der Waals surface area contributed by atoms with E-state index in [9.17, 15) is 4.79 Å². The third-order valence-corrected chi connectivity index (χ3v) is 1.58. The maximum atomic E-state index is 11.3. The quantitative estimate of drug-likeness (QED) is 0.541. The van der Waals surface area contributed by atoms with Gasteiger partial charge in [0.15, 0.2) is 0 Å². The van der Waals surface area contributed by atoms with E-state index in [1.54, 1.807) is 20.8 Å². The smallest absolute Gasteiger partial charge is 0.410 e. The van der Waals surface area contributed by atoms with Gasteiger partial charge in [0.25, 0.3) is 0 Å². The summed E-state index contributed by atoms with van der Waals surface area (Å²) in [5.74, 6) is 0. The van der Waals surface area contributed by atoms with Crippen molar-refractivity contribution in [3.05, 3.63) is 0 Å². The van der Waals surface area contributed by atoms with Crippen molar-refractivity contribution < 1.29 is 14.6 Å². The van der Waals surface area contributed by atoms with E-state index >= 15 is 0 Å². The second-order valence-electron chi connectivity index (χ2n) is 4.44. The Hall–Kier alpha value is -0.705. The molecule has 72 valence electrons. The normalized spacial score (nSPS) is 20.8. The molecule has 0 atom stereocenters. The Balaban J connectivity index is 2.36. The summed E-state index contributed by atoms with van der Waals surface area (Å²) < 4.78 is 5.06. The molecule has 1 saturated heterocycles. The third-order valence-electron chi connectivity index (χ3n) is 1.58. The van der Waals surface area contributed by atoms with Gasteiger partial charge in [-0.15, -0.1) is 0 Å². The van der Waals surface area contributed by atoms with Crippen molar-refractivity contribution in [2.24, 2.45) is 0 Å². The largest absolute Gasteiger partial charge is 0.444 e. The van der Waals surface area contributed by atoms with Crippen LogP contribution in [-0.4, -0.2) is 48.1 Å². The summed E-state index contributed by atoms with van der Waals surface area (Å²) in [5.41, 5.74) is -1.73. The molecule has 0 spiro atoms. The molecule has 1 fully saturated rings. The highest BCUT2D eigenvalue weighted by Crippen LogP contribution is 2.20. The standard InChI is InChI=1S/C8H14BNO3/c1-7(2,3)13-6(11)10-4-8(9,12)5-10/h12H,4-5H2,1-3H3. The van der Waals surface area contributed by atoms with Crippen LogP contribution in [0.25, 0.3) is 0 Å². The minimum atomic E-state index is -1.23. The van der Waals surface area contributed by atoms with Crippen LogP contribution < -0.4 is 0 Å². The number of aliphatic hydroxyl groups is 1. The van der Waals surface area contributed by atoms with Crippen LogP contribution in [0.3, 0.4) is 0 Å². The molecule has 1 aliphatic heterocycles. The Morgan fingerprint density at radius 1 is 1.54 bits per heavy atom. The topological polar surface area (TPSA) is 49.8 Å². The molecule has 1 amide bonds. The Morgan fingerprint density at radius 2 is 2.00 bits per heavy atom. The van der Waals surface area contributed by atoms with E-state index < -0.39 is 17.2 Å². The van der Waals surface area contributed by atoms with Gasteiger partial charge in [-0.1, -0.05) is 0 Å². The van der Waals surface area contributed by atoms with E-state index in [2.05, 4.69) is 0 Å². The highest BCUT2D eigenvalue weighted by Gasteiger charge is 2.40. The van der Waals surface area contributed by atoms with Gasteiger partial charge in [-0.25, -0.2) is 4.79 Å². The van der Waals surface area contributed by atoms with Gasteiger partial charge in [0, 0.05) is 13.1 Å². The van der Waals surface area contributed by atoms with Crippen molar-refractivity contribution in [1.82, 2.24) is 4.90 Å². The molecule has 1 aliphatic rings. The van der Waals surface area contributed by atoms with E-state index in [1.165, 1.54) is 4.90 Å². The lowest BCUT2D eigenvalue weighted by Crippen LogP contribution is -2.64. The first-order chi connectivity index (χ1) is 5.70. The summed E-state index contributed by atoms with van der Waals surface area (Å²) in [5, 5.41) is 9.16. The van der Waals surface area contributed by atoms with Gasteiger partial charge in [-0.05, 0) is 20.8 Å². The van der Waals surface area contributed by atoms with Crippen LogP contribution in [-0.2, 0) is 4.74 Å². The zero-order valence-electron chi connectivity index (χ0n) is 8.20. The highest BCUT2D eigenvalue weighted by atomic mass is 16.6. The maximum Gasteiger partial charge on any atom is 0.410 e. The van der Waals surface area contributed by atoms with E-state index in [1.807, 2.05) is 0 Å². The Morgan fingerprint density at radius 3 is 2.31 bits per heavy atom. The summed E-state index contributed by atoms with van der Waals surface area (Å²) in [6.07, 6.45) is -0.428. The molecule has 1 heterocycles. The maximum absolute atomic E-state index is 11.3. The molecule has 0 aromatic heterocycles. The van der Waals surface area contributed by atoms with Crippen LogP contribution in [0.5, 0.6) is 0 Å². The van der Waals surface area contributed by atoms with Gasteiger partial charge in [0.1, 0.15) is 13.4 Å². The first-order valence-electron chi connectivity index (χ1n) is 4.19. The fourth-order valence-electron chi connectivity index (χ4n) is 1.07. The second-order valence-corrected chi connectivity index (χ2v) is 4.44. The summed E-state index contributed by atoms with van der Waals surface area (Å²) in [4.78, 5) is 12.6. The van der Waals surface area contributed by atoms with E-state index in [-0.39, 0.29) is 13.1 Å². The Labute approximate surface area is 79.3 Å². The number of hydrogen-bond acceptors (Lipinski definition) is 3. The number of carbonyl (C=O) groups is 1. The van der Waals surface area contributed by atoms with Crippen molar-refractivity contribution in [2.45, 2.75) is 31.9 Å². The zero-order valence-corrected chi connectivity index (χ0v) is 8.20. The predicted octanol–water partition coefficient (Wildman–Crippen LogP) is 0.0942. The average Bonchev–Trinajstić information content (AvgIpc) is 1.77. The number of rotatable bonds is 0. The minimum absolute atomic E-state index is 0.141. The molecular weight excluding hydrogens is 169 g/mol. The number of hydrogen-bond donors (Lipinski definition) is 1. The van der Waals surface area contributed by atoms with Gasteiger partial charge in [0.05, 0.1) is 5.50 Å². The molecule has 0 unspecified atom stereocenters. The van der Waals surface area contributed by atoms with Crippen molar-refractivity contribution in [1.29, 1.82) is 0 Å². The average molecular weight is 183 g/mol. The minimum Gasteiger partial charge on any atom is -0.444 e. The first kappa shape index (κ1) is 10.4. The van der Waals surface area contributed by atoms with Crippen molar-refractivity contribution >= 4 is 13.9 Å². The molecule has 0 bridgehead atoms. The van der Waals surface area contributed by atoms with Crippen LogP contribution >= 0.6 is 0 Å². The van der Waals surface area contributed by atoms with Crippen LogP contribution in [0, 0.1) is 0 Å². The molecular formula is C8H14BNO3. The number of nitrogens with zero attached hydrogens (tertiary/aromatic N) is 1. The first-order valence-corrected chi connectivity index (χ1v) is 4.19. The molecule has 1 rings (SSSR count). The number of carbonyl (C=O) groups excluding carboxylic acids is 1. The fraction of sp³-hybridized carbons (Fsp3) is 0.875. The highest BCUT2D eigenvalue weighted by molar-refractivity contribution is 6.15. The summed E-state index contributed by atoms with van der Waals surface area (Å²) in [6.45, 7) is 5.65. The van der Waals surface area contributed by atoms with Crippen LogP contribution in [0.2, 0.25) is 0 Å². The number of β-amino-alcohol motifs (C(OH)–C–C–N with tert-alkyl or cyclic N) is 1.